The molecule has 2 rings (SSSR count). The fourth-order valence-corrected chi connectivity index (χ4v) is 2.55. The second kappa shape index (κ2) is 5.60. The van der Waals surface area contributed by atoms with Gasteiger partial charge in [0.25, 0.3) is 5.92 Å². The van der Waals surface area contributed by atoms with Crippen molar-refractivity contribution in [3.05, 3.63) is 0 Å². The zero-order valence-corrected chi connectivity index (χ0v) is 11.7. The third-order valence-corrected chi connectivity index (χ3v) is 3.33. The minimum Gasteiger partial charge on any atom is -0.350 e. The van der Waals surface area contributed by atoms with Crippen LogP contribution in [0.25, 0.3) is 0 Å². The lowest BCUT2D eigenvalue weighted by molar-refractivity contribution is -0.155. The molecule has 0 aromatic heterocycles. The predicted molar refractivity (Wildman–Crippen MR) is 63.9 cm³/mol. The Hall–Kier alpha value is -0.300. The van der Waals surface area contributed by atoms with E-state index < -0.39 is 24.1 Å². The maximum Gasteiger partial charge on any atom is 0.251 e. The maximum atomic E-state index is 14.0. The summed E-state index contributed by atoms with van der Waals surface area (Å²) in [6.07, 6.45) is -1.66. The van der Waals surface area contributed by atoms with Gasteiger partial charge in [0.2, 0.25) is 0 Å². The summed E-state index contributed by atoms with van der Waals surface area (Å²) in [7, 11) is 0. The van der Waals surface area contributed by atoms with Crippen LogP contribution < -0.4 is 0 Å². The zero-order chi connectivity index (χ0) is 14.1. The number of ether oxygens (including phenoxy) is 4. The Bertz CT molecular complexity index is 297. The first kappa shape index (κ1) is 15.1. The minimum absolute atomic E-state index is 0.216. The van der Waals surface area contributed by atoms with E-state index in [2.05, 4.69) is 0 Å². The van der Waals surface area contributed by atoms with E-state index in [1.165, 1.54) is 0 Å². The summed E-state index contributed by atoms with van der Waals surface area (Å²) < 4.78 is 49.2. The zero-order valence-electron chi connectivity index (χ0n) is 11.7. The van der Waals surface area contributed by atoms with Gasteiger partial charge in [-0.15, -0.1) is 0 Å². The number of halogens is 2. The Morgan fingerprint density at radius 1 is 1.26 bits per heavy atom. The number of hydrogen-bond donors (Lipinski definition) is 0. The average molecular weight is 280 g/mol. The van der Waals surface area contributed by atoms with Gasteiger partial charge in [0, 0.05) is 18.8 Å². The van der Waals surface area contributed by atoms with E-state index in [4.69, 9.17) is 18.9 Å². The maximum absolute atomic E-state index is 14.0. The third kappa shape index (κ3) is 4.34. The fraction of sp³-hybridized carbons (Fsp3) is 1.00. The summed E-state index contributed by atoms with van der Waals surface area (Å²) in [6, 6.07) is 0. The third-order valence-electron chi connectivity index (χ3n) is 3.33. The van der Waals surface area contributed by atoms with Crippen LogP contribution in [0.15, 0.2) is 0 Å². The molecule has 0 bridgehead atoms. The molecule has 0 aliphatic carbocycles. The molecule has 0 radical (unpaired) electrons. The standard InChI is InChI=1S/C13H22F2O4/c1-9(11-16-4-5-17-11)6-13(14,15)7-10-8-18-12(2,3)19-10/h9-11H,4-8H2,1-3H3. The van der Waals surface area contributed by atoms with Crippen molar-refractivity contribution >= 4 is 0 Å². The second-order valence-corrected chi connectivity index (χ2v) is 5.80. The molecule has 2 aliphatic rings. The van der Waals surface area contributed by atoms with Crippen LogP contribution in [-0.2, 0) is 18.9 Å². The van der Waals surface area contributed by atoms with Gasteiger partial charge < -0.3 is 18.9 Å². The highest BCUT2D eigenvalue weighted by molar-refractivity contribution is 4.80. The molecule has 2 fully saturated rings. The Morgan fingerprint density at radius 3 is 2.42 bits per heavy atom. The second-order valence-electron chi connectivity index (χ2n) is 5.80. The van der Waals surface area contributed by atoms with Gasteiger partial charge in [-0.1, -0.05) is 6.92 Å². The van der Waals surface area contributed by atoms with Crippen LogP contribution in [0.3, 0.4) is 0 Å². The van der Waals surface area contributed by atoms with Crippen LogP contribution in [0.4, 0.5) is 8.78 Å². The minimum atomic E-state index is -2.80. The van der Waals surface area contributed by atoms with Crippen LogP contribution in [0.5, 0.6) is 0 Å². The fourth-order valence-electron chi connectivity index (χ4n) is 2.55. The lowest BCUT2D eigenvalue weighted by atomic mass is 9.98. The summed E-state index contributed by atoms with van der Waals surface area (Å²) >= 11 is 0. The molecule has 0 amide bonds. The van der Waals surface area contributed by atoms with E-state index in [0.29, 0.717) is 13.2 Å². The molecule has 0 aromatic rings. The van der Waals surface area contributed by atoms with Gasteiger partial charge in [-0.05, 0) is 13.8 Å². The molecule has 0 N–H and O–H groups in total. The van der Waals surface area contributed by atoms with Gasteiger partial charge in [-0.25, -0.2) is 8.78 Å². The van der Waals surface area contributed by atoms with Gasteiger partial charge in [0.1, 0.15) is 0 Å². The molecular formula is C13H22F2O4. The number of alkyl halides is 2. The van der Waals surface area contributed by atoms with E-state index in [1.807, 2.05) is 0 Å². The van der Waals surface area contributed by atoms with Crippen LogP contribution in [0.1, 0.15) is 33.6 Å². The molecule has 2 atom stereocenters. The van der Waals surface area contributed by atoms with Gasteiger partial charge in [-0.3, -0.25) is 0 Å². The molecule has 19 heavy (non-hydrogen) atoms. The summed E-state index contributed by atoms with van der Waals surface area (Å²) in [6.45, 7) is 6.36. The Balaban J connectivity index is 1.81. The smallest absolute Gasteiger partial charge is 0.251 e. The summed E-state index contributed by atoms with van der Waals surface area (Å²) in [5, 5.41) is 0. The van der Waals surface area contributed by atoms with Gasteiger partial charge >= 0.3 is 0 Å². The normalized spacial score (nSPS) is 29.8. The first-order valence-electron chi connectivity index (χ1n) is 6.70. The molecule has 2 aliphatic heterocycles. The predicted octanol–water partition coefficient (Wildman–Crippen LogP) is 2.56. The van der Waals surface area contributed by atoms with Crippen molar-refractivity contribution in [3.8, 4) is 0 Å². The van der Waals surface area contributed by atoms with E-state index in [0.717, 1.165) is 0 Å². The molecule has 0 aromatic carbocycles. The van der Waals surface area contributed by atoms with Crippen molar-refractivity contribution < 1.29 is 27.7 Å². The van der Waals surface area contributed by atoms with Crippen molar-refractivity contribution in [2.75, 3.05) is 19.8 Å². The molecule has 112 valence electrons. The van der Waals surface area contributed by atoms with Crippen LogP contribution in [0.2, 0.25) is 0 Å². The molecule has 0 saturated carbocycles. The lowest BCUT2D eigenvalue weighted by Crippen LogP contribution is -2.32. The SMILES string of the molecule is CC(CC(F)(F)CC1COC(C)(C)O1)C1OCCO1. The van der Waals surface area contributed by atoms with Crippen molar-refractivity contribution in [1.82, 2.24) is 0 Å². The van der Waals surface area contributed by atoms with E-state index >= 15 is 0 Å². The molecular weight excluding hydrogens is 258 g/mol. The molecule has 4 nitrogen and oxygen atoms in total. The van der Waals surface area contributed by atoms with Gasteiger partial charge in [0.15, 0.2) is 12.1 Å². The quantitative estimate of drug-likeness (QED) is 0.775. The first-order valence-corrected chi connectivity index (χ1v) is 6.70. The highest BCUT2D eigenvalue weighted by Gasteiger charge is 2.42. The molecule has 2 heterocycles. The highest BCUT2D eigenvalue weighted by atomic mass is 19.3. The van der Waals surface area contributed by atoms with Crippen molar-refractivity contribution in [3.63, 3.8) is 0 Å². The van der Waals surface area contributed by atoms with E-state index in [-0.39, 0.29) is 25.4 Å². The van der Waals surface area contributed by atoms with E-state index in [9.17, 15) is 8.78 Å². The van der Waals surface area contributed by atoms with Crippen molar-refractivity contribution in [1.29, 1.82) is 0 Å². The molecule has 2 saturated heterocycles. The average Bonchev–Trinajstić information content (AvgIpc) is 2.86. The molecule has 2 unspecified atom stereocenters. The van der Waals surface area contributed by atoms with Crippen molar-refractivity contribution in [2.24, 2.45) is 5.92 Å². The van der Waals surface area contributed by atoms with Gasteiger partial charge in [-0.2, -0.15) is 0 Å². The highest BCUT2D eigenvalue weighted by Crippen LogP contribution is 2.35. The lowest BCUT2D eigenvalue weighted by Gasteiger charge is -2.25. The van der Waals surface area contributed by atoms with E-state index in [1.54, 1.807) is 20.8 Å². The topological polar surface area (TPSA) is 36.9 Å². The van der Waals surface area contributed by atoms with Crippen LogP contribution >= 0.6 is 0 Å². The number of rotatable bonds is 5. The van der Waals surface area contributed by atoms with Crippen LogP contribution in [-0.4, -0.2) is 43.9 Å². The summed E-state index contributed by atoms with van der Waals surface area (Å²) in [5.41, 5.74) is 0. The van der Waals surface area contributed by atoms with Gasteiger partial charge in [0.05, 0.1) is 25.9 Å². The number of hydrogen-bond acceptors (Lipinski definition) is 4. The molecule has 6 heteroatoms. The van der Waals surface area contributed by atoms with Crippen molar-refractivity contribution in [2.45, 2.75) is 57.7 Å². The molecule has 0 spiro atoms. The Kier molecular flexibility index (Phi) is 4.45. The Morgan fingerprint density at radius 2 is 1.89 bits per heavy atom. The first-order chi connectivity index (χ1) is 8.77. The Labute approximate surface area is 112 Å². The summed E-state index contributed by atoms with van der Waals surface area (Å²) in [4.78, 5) is 0. The summed E-state index contributed by atoms with van der Waals surface area (Å²) in [5.74, 6) is -3.90. The van der Waals surface area contributed by atoms with Crippen LogP contribution in [0, 0.1) is 5.92 Å². The largest absolute Gasteiger partial charge is 0.350 e. The monoisotopic (exact) mass is 280 g/mol.